The lowest BCUT2D eigenvalue weighted by Gasteiger charge is -2.16. The Hall–Kier alpha value is -4.51. The summed E-state index contributed by atoms with van der Waals surface area (Å²) in [6, 6.07) is 21.0. The van der Waals surface area contributed by atoms with E-state index in [1.165, 1.54) is 12.1 Å². The Bertz CT molecular complexity index is 1440. The second-order valence-corrected chi connectivity index (χ2v) is 7.56. The number of hydrogen-bond acceptors (Lipinski definition) is 4. The summed E-state index contributed by atoms with van der Waals surface area (Å²) in [7, 11) is 0. The molecule has 0 fully saturated rings. The zero-order valence-electron chi connectivity index (χ0n) is 17.8. The Balaban J connectivity index is 1.81. The first kappa shape index (κ1) is 22.7. The van der Waals surface area contributed by atoms with Gasteiger partial charge in [-0.1, -0.05) is 54.1 Å². The molecule has 1 amide bonds. The average Bonchev–Trinajstić information content (AvgIpc) is 2.80. The minimum atomic E-state index is -5.03. The zero-order chi connectivity index (χ0) is 24.5. The normalized spacial score (nSPS) is 11.1. The highest BCUT2D eigenvalue weighted by Gasteiger charge is 2.32. The van der Waals surface area contributed by atoms with E-state index >= 15 is 0 Å². The van der Waals surface area contributed by atoms with Gasteiger partial charge in [-0.2, -0.15) is 5.26 Å². The molecule has 4 aromatic carbocycles. The average molecular weight is 462 g/mol. The minimum Gasteiger partial charge on any atom is -0.506 e. The maximum Gasteiger partial charge on any atom is 0.573 e. The summed E-state index contributed by atoms with van der Waals surface area (Å²) in [4.78, 5) is 13.1. The van der Waals surface area contributed by atoms with Gasteiger partial charge in [-0.15, -0.1) is 13.2 Å². The predicted octanol–water partition coefficient (Wildman–Crippen LogP) is 6.54. The van der Waals surface area contributed by atoms with Gasteiger partial charge in [0.05, 0.1) is 22.9 Å². The van der Waals surface area contributed by atoms with Crippen LogP contribution in [0.1, 0.15) is 21.5 Å². The van der Waals surface area contributed by atoms with Crippen LogP contribution in [0.5, 0.6) is 11.5 Å². The molecule has 2 N–H and O–H groups in total. The lowest BCUT2D eigenvalue weighted by molar-refractivity contribution is -0.274. The van der Waals surface area contributed by atoms with Crippen molar-refractivity contribution in [2.45, 2.75) is 13.3 Å². The van der Waals surface area contributed by atoms with Gasteiger partial charge < -0.3 is 15.2 Å². The molecule has 0 saturated carbocycles. The molecule has 5 nitrogen and oxygen atoms in total. The summed E-state index contributed by atoms with van der Waals surface area (Å²) in [5.74, 6) is -1.89. The highest BCUT2D eigenvalue weighted by atomic mass is 19.4. The van der Waals surface area contributed by atoms with Gasteiger partial charge in [0, 0.05) is 11.5 Å². The van der Waals surface area contributed by atoms with E-state index < -0.39 is 18.0 Å². The SMILES string of the molecule is Cc1ccc(-c2cc(C(=O)Nc3ccc(C#N)cc3OC(F)(F)F)c(O)c3ccccc23)cc1. The summed E-state index contributed by atoms with van der Waals surface area (Å²) in [6.07, 6.45) is -5.03. The number of carbonyl (C=O) groups excluding carboxylic acids is 1. The van der Waals surface area contributed by atoms with Crippen LogP contribution in [0.25, 0.3) is 21.9 Å². The van der Waals surface area contributed by atoms with Crippen molar-refractivity contribution < 1.29 is 27.8 Å². The fourth-order valence-corrected chi connectivity index (χ4v) is 3.60. The molecule has 8 heteroatoms. The predicted molar refractivity (Wildman–Crippen MR) is 122 cm³/mol. The van der Waals surface area contributed by atoms with Gasteiger partial charge in [-0.3, -0.25) is 4.79 Å². The number of nitrogens with zero attached hydrogens (tertiary/aromatic N) is 1. The molecular formula is C26H17F3N2O3. The first-order valence-corrected chi connectivity index (χ1v) is 10.1. The molecule has 0 aromatic heterocycles. The molecule has 0 radical (unpaired) electrons. The number of rotatable bonds is 4. The molecule has 0 aliphatic heterocycles. The number of alkyl halides is 3. The maximum atomic E-state index is 13.1. The summed E-state index contributed by atoms with van der Waals surface area (Å²) >= 11 is 0. The van der Waals surface area contributed by atoms with E-state index in [0.717, 1.165) is 23.3 Å². The van der Waals surface area contributed by atoms with Crippen LogP contribution in [0.2, 0.25) is 0 Å². The quantitative estimate of drug-likeness (QED) is 0.361. The number of hydrogen-bond donors (Lipinski definition) is 2. The number of benzene rings is 4. The van der Waals surface area contributed by atoms with E-state index in [0.29, 0.717) is 16.3 Å². The third-order valence-corrected chi connectivity index (χ3v) is 5.21. The van der Waals surface area contributed by atoms with Crippen LogP contribution in [0.3, 0.4) is 0 Å². The molecule has 0 spiro atoms. The van der Waals surface area contributed by atoms with Crippen LogP contribution in [-0.2, 0) is 0 Å². The number of aryl methyl sites for hydroxylation is 1. The van der Waals surface area contributed by atoms with Gasteiger partial charge in [0.2, 0.25) is 0 Å². The number of nitriles is 1. The minimum absolute atomic E-state index is 0.0764. The van der Waals surface area contributed by atoms with Gasteiger partial charge in [-0.25, -0.2) is 0 Å². The second-order valence-electron chi connectivity index (χ2n) is 7.56. The van der Waals surface area contributed by atoms with Crippen molar-refractivity contribution in [3.63, 3.8) is 0 Å². The molecule has 0 atom stereocenters. The molecule has 34 heavy (non-hydrogen) atoms. The monoisotopic (exact) mass is 462 g/mol. The molecule has 0 aliphatic rings. The van der Waals surface area contributed by atoms with Crippen molar-refractivity contribution in [3.05, 3.63) is 89.5 Å². The molecule has 4 rings (SSSR count). The van der Waals surface area contributed by atoms with Crippen molar-refractivity contribution in [1.82, 2.24) is 0 Å². The number of nitrogens with one attached hydrogen (secondary N) is 1. The number of halogens is 3. The number of ether oxygens (including phenoxy) is 1. The van der Waals surface area contributed by atoms with E-state index in [1.54, 1.807) is 24.3 Å². The molecule has 0 aliphatic carbocycles. The van der Waals surface area contributed by atoms with Crippen molar-refractivity contribution in [3.8, 4) is 28.7 Å². The third-order valence-electron chi connectivity index (χ3n) is 5.21. The van der Waals surface area contributed by atoms with Crippen LogP contribution >= 0.6 is 0 Å². The maximum absolute atomic E-state index is 13.1. The number of phenolic OH excluding ortho intramolecular Hbond substituents is 1. The van der Waals surface area contributed by atoms with Crippen molar-refractivity contribution in [1.29, 1.82) is 5.26 Å². The van der Waals surface area contributed by atoms with Gasteiger partial charge in [-0.05, 0) is 41.6 Å². The molecule has 0 heterocycles. The van der Waals surface area contributed by atoms with Crippen LogP contribution in [0.15, 0.2) is 72.8 Å². The zero-order valence-corrected chi connectivity index (χ0v) is 17.8. The smallest absolute Gasteiger partial charge is 0.506 e. The fourth-order valence-electron chi connectivity index (χ4n) is 3.60. The van der Waals surface area contributed by atoms with Crippen molar-refractivity contribution in [2.24, 2.45) is 0 Å². The first-order valence-electron chi connectivity index (χ1n) is 10.1. The molecule has 0 bridgehead atoms. The van der Waals surface area contributed by atoms with Gasteiger partial charge in [0.25, 0.3) is 5.91 Å². The van der Waals surface area contributed by atoms with Crippen LogP contribution in [0.4, 0.5) is 18.9 Å². The summed E-state index contributed by atoms with van der Waals surface area (Å²) < 4.78 is 42.6. The Morgan fingerprint density at radius 1 is 1.00 bits per heavy atom. The Morgan fingerprint density at radius 2 is 1.68 bits per heavy atom. The Morgan fingerprint density at radius 3 is 2.32 bits per heavy atom. The topological polar surface area (TPSA) is 82.4 Å². The fraction of sp³-hybridized carbons (Fsp3) is 0.0769. The Labute approximate surface area is 192 Å². The molecular weight excluding hydrogens is 445 g/mol. The van der Waals surface area contributed by atoms with Crippen LogP contribution in [-0.4, -0.2) is 17.4 Å². The van der Waals surface area contributed by atoms with E-state index in [9.17, 15) is 23.1 Å². The summed E-state index contributed by atoms with van der Waals surface area (Å²) in [5, 5.41) is 23.3. The van der Waals surface area contributed by atoms with Crippen molar-refractivity contribution >= 4 is 22.4 Å². The molecule has 170 valence electrons. The highest BCUT2D eigenvalue weighted by Crippen LogP contribution is 2.38. The summed E-state index contributed by atoms with van der Waals surface area (Å²) in [6.45, 7) is 1.94. The third kappa shape index (κ3) is 4.64. The number of anilines is 1. The molecule has 0 saturated heterocycles. The van der Waals surface area contributed by atoms with Crippen molar-refractivity contribution in [2.75, 3.05) is 5.32 Å². The second kappa shape index (κ2) is 8.79. The lowest BCUT2D eigenvalue weighted by atomic mass is 9.94. The van der Waals surface area contributed by atoms with Gasteiger partial charge in [0.15, 0.2) is 5.75 Å². The number of amides is 1. The summed E-state index contributed by atoms with van der Waals surface area (Å²) in [5.41, 5.74) is 2.01. The molecule has 0 unspecified atom stereocenters. The van der Waals surface area contributed by atoms with E-state index in [2.05, 4.69) is 10.1 Å². The van der Waals surface area contributed by atoms with Gasteiger partial charge in [0.1, 0.15) is 5.75 Å². The van der Waals surface area contributed by atoms with Gasteiger partial charge >= 0.3 is 6.36 Å². The van der Waals surface area contributed by atoms with E-state index in [4.69, 9.17) is 5.26 Å². The molecule has 4 aromatic rings. The van der Waals surface area contributed by atoms with Crippen LogP contribution in [0, 0.1) is 18.3 Å². The number of carbonyl (C=O) groups is 1. The highest BCUT2D eigenvalue weighted by molar-refractivity contribution is 6.13. The van der Waals surface area contributed by atoms with E-state index in [-0.39, 0.29) is 22.6 Å². The first-order chi connectivity index (χ1) is 16.2. The Kier molecular flexibility index (Phi) is 5.86. The van der Waals surface area contributed by atoms with E-state index in [1.807, 2.05) is 37.3 Å². The number of aromatic hydroxyl groups is 1. The standard InChI is InChI=1S/C26H17F3N2O3/c1-15-6-9-17(10-7-15)20-13-21(24(32)19-5-3-2-4-18(19)20)25(33)31-22-11-8-16(14-30)12-23(22)34-26(27,28)29/h2-13,32H,1H3,(H,31,33). The van der Waals surface area contributed by atoms with Crippen LogP contribution < -0.4 is 10.1 Å². The number of fused-ring (bicyclic) bond motifs is 1. The lowest BCUT2D eigenvalue weighted by Crippen LogP contribution is -2.20. The largest absolute Gasteiger partial charge is 0.573 e. The number of phenols is 1.